The fourth-order valence-corrected chi connectivity index (χ4v) is 2.79. The smallest absolute Gasteiger partial charge is 0.0944 e. The van der Waals surface area contributed by atoms with E-state index >= 15 is 0 Å². The van der Waals surface area contributed by atoms with Crippen LogP contribution in [0.15, 0.2) is 6.07 Å². The summed E-state index contributed by atoms with van der Waals surface area (Å²) in [6, 6.07) is 2.21. The van der Waals surface area contributed by atoms with Crippen molar-refractivity contribution in [3.05, 3.63) is 14.5 Å². The van der Waals surface area contributed by atoms with Crippen molar-refractivity contribution >= 4 is 38.9 Å². The fraction of sp³-hybridized carbons (Fsp3) is 0.429. The predicted molar refractivity (Wildman–Crippen MR) is 56.1 cm³/mol. The lowest BCUT2D eigenvalue weighted by Crippen LogP contribution is -2.07. The average molecular weight is 267 g/mol. The molecule has 1 rings (SSSR count). The molecule has 0 saturated carbocycles. The number of hydrogen-bond acceptors (Lipinski definition) is 2. The summed E-state index contributed by atoms with van der Waals surface area (Å²) in [5, 5.41) is 1.37. The lowest BCUT2D eigenvalue weighted by Gasteiger charge is -2.09. The van der Waals surface area contributed by atoms with Crippen molar-refractivity contribution in [2.24, 2.45) is 0 Å². The Morgan fingerprint density at radius 3 is 2.30 bits per heavy atom. The third kappa shape index (κ3) is 1.63. The molecule has 0 N–H and O–H groups in total. The van der Waals surface area contributed by atoms with Gasteiger partial charge in [-0.15, -0.1) is 11.3 Å². The van der Waals surface area contributed by atoms with E-state index < -0.39 is 0 Å². The maximum absolute atomic E-state index is 2.35. The standard InChI is InChI=1S/C7H10INS/c1-5-4-6(8)10-7(5)9(2)3/h4H,1-3H3. The van der Waals surface area contributed by atoms with Crippen LogP contribution in [0.2, 0.25) is 0 Å². The van der Waals surface area contributed by atoms with Crippen LogP contribution in [0.25, 0.3) is 0 Å². The molecular weight excluding hydrogens is 257 g/mol. The van der Waals surface area contributed by atoms with Crippen LogP contribution in [0.5, 0.6) is 0 Å². The van der Waals surface area contributed by atoms with Gasteiger partial charge in [-0.3, -0.25) is 0 Å². The molecule has 0 aliphatic carbocycles. The summed E-state index contributed by atoms with van der Waals surface area (Å²) in [5.74, 6) is 0. The highest BCUT2D eigenvalue weighted by atomic mass is 127. The van der Waals surface area contributed by atoms with Crippen LogP contribution < -0.4 is 4.90 Å². The highest BCUT2D eigenvalue weighted by molar-refractivity contribution is 14.1. The van der Waals surface area contributed by atoms with Crippen LogP contribution >= 0.6 is 33.9 Å². The number of hydrogen-bond donors (Lipinski definition) is 0. The molecule has 1 aromatic rings. The van der Waals surface area contributed by atoms with Gasteiger partial charge in [0, 0.05) is 14.1 Å². The molecule has 0 aliphatic rings. The van der Waals surface area contributed by atoms with Gasteiger partial charge in [-0.1, -0.05) is 0 Å². The summed E-state index contributed by atoms with van der Waals surface area (Å²) in [7, 11) is 4.16. The van der Waals surface area contributed by atoms with Crippen LogP contribution in [0.4, 0.5) is 5.00 Å². The van der Waals surface area contributed by atoms with Gasteiger partial charge in [0.15, 0.2) is 0 Å². The quantitative estimate of drug-likeness (QED) is 0.707. The number of nitrogens with zero attached hydrogens (tertiary/aromatic N) is 1. The molecule has 3 heteroatoms. The summed E-state index contributed by atoms with van der Waals surface area (Å²) in [4.78, 5) is 2.15. The monoisotopic (exact) mass is 267 g/mol. The lowest BCUT2D eigenvalue weighted by atomic mass is 10.3. The predicted octanol–water partition coefficient (Wildman–Crippen LogP) is 2.73. The normalized spacial score (nSPS) is 10.0. The molecule has 0 amide bonds. The van der Waals surface area contributed by atoms with Crippen molar-refractivity contribution in [1.29, 1.82) is 0 Å². The van der Waals surface area contributed by atoms with E-state index in [0.29, 0.717) is 0 Å². The van der Waals surface area contributed by atoms with Gasteiger partial charge in [0.2, 0.25) is 0 Å². The van der Waals surface area contributed by atoms with Crippen LogP contribution in [-0.4, -0.2) is 14.1 Å². The zero-order valence-corrected chi connectivity index (χ0v) is 9.28. The van der Waals surface area contributed by atoms with Gasteiger partial charge in [0.05, 0.1) is 7.88 Å². The van der Waals surface area contributed by atoms with Gasteiger partial charge in [-0.05, 0) is 41.1 Å². The van der Waals surface area contributed by atoms with E-state index in [-0.39, 0.29) is 0 Å². The van der Waals surface area contributed by atoms with E-state index in [1.54, 1.807) is 0 Å². The second-order valence-corrected chi connectivity index (χ2v) is 5.36. The van der Waals surface area contributed by atoms with Crippen molar-refractivity contribution in [1.82, 2.24) is 0 Å². The Kier molecular flexibility index (Phi) is 2.57. The molecule has 0 atom stereocenters. The van der Waals surface area contributed by atoms with Crippen LogP contribution in [0.3, 0.4) is 0 Å². The zero-order valence-electron chi connectivity index (χ0n) is 6.31. The summed E-state index contributed by atoms with van der Waals surface area (Å²) >= 11 is 4.19. The maximum atomic E-state index is 2.35. The molecule has 1 aromatic heterocycles. The van der Waals surface area contributed by atoms with Crippen LogP contribution in [0.1, 0.15) is 5.56 Å². The molecular formula is C7H10INS. The summed E-state index contributed by atoms with van der Waals surface area (Å²) in [6.07, 6.45) is 0. The molecule has 1 heterocycles. The Balaban J connectivity index is 3.03. The van der Waals surface area contributed by atoms with Crippen molar-refractivity contribution in [3.8, 4) is 0 Å². The van der Waals surface area contributed by atoms with Crippen molar-refractivity contribution in [3.63, 3.8) is 0 Å². The Bertz CT molecular complexity index is 230. The molecule has 0 saturated heterocycles. The van der Waals surface area contributed by atoms with E-state index in [1.807, 2.05) is 11.3 Å². The summed E-state index contributed by atoms with van der Waals surface area (Å²) in [5.41, 5.74) is 1.37. The van der Waals surface area contributed by atoms with Gasteiger partial charge in [-0.25, -0.2) is 0 Å². The first kappa shape index (κ1) is 8.33. The molecule has 0 unspecified atom stereocenters. The zero-order chi connectivity index (χ0) is 7.72. The van der Waals surface area contributed by atoms with Gasteiger partial charge in [0.25, 0.3) is 0 Å². The Morgan fingerprint density at radius 2 is 2.10 bits per heavy atom. The first-order valence-corrected chi connectivity index (χ1v) is 4.94. The minimum Gasteiger partial charge on any atom is -0.369 e. The Morgan fingerprint density at radius 1 is 1.50 bits per heavy atom. The van der Waals surface area contributed by atoms with Crippen molar-refractivity contribution in [2.75, 3.05) is 19.0 Å². The van der Waals surface area contributed by atoms with Crippen LogP contribution in [-0.2, 0) is 0 Å². The second kappa shape index (κ2) is 3.09. The number of aryl methyl sites for hydroxylation is 1. The maximum Gasteiger partial charge on any atom is 0.0944 e. The van der Waals surface area contributed by atoms with Crippen molar-refractivity contribution < 1.29 is 0 Å². The van der Waals surface area contributed by atoms with Crippen LogP contribution in [0, 0.1) is 9.81 Å². The third-order valence-corrected chi connectivity index (χ3v) is 3.43. The molecule has 0 bridgehead atoms. The molecule has 0 fully saturated rings. The SMILES string of the molecule is Cc1cc(I)sc1N(C)C. The first-order chi connectivity index (χ1) is 4.61. The van der Waals surface area contributed by atoms with E-state index in [2.05, 4.69) is 54.6 Å². The average Bonchev–Trinajstić information content (AvgIpc) is 2.10. The fourth-order valence-electron chi connectivity index (χ4n) is 0.878. The van der Waals surface area contributed by atoms with E-state index in [9.17, 15) is 0 Å². The second-order valence-electron chi connectivity index (χ2n) is 2.43. The summed E-state index contributed by atoms with van der Waals surface area (Å²) in [6.45, 7) is 2.15. The molecule has 0 radical (unpaired) electrons. The molecule has 0 aromatic carbocycles. The molecule has 10 heavy (non-hydrogen) atoms. The molecule has 1 nitrogen and oxygen atoms in total. The van der Waals surface area contributed by atoms with E-state index in [1.165, 1.54) is 13.4 Å². The van der Waals surface area contributed by atoms with E-state index in [4.69, 9.17) is 0 Å². The van der Waals surface area contributed by atoms with E-state index in [0.717, 1.165) is 0 Å². The first-order valence-electron chi connectivity index (χ1n) is 3.04. The minimum absolute atomic E-state index is 1.36. The lowest BCUT2D eigenvalue weighted by molar-refractivity contribution is 1.14. The largest absolute Gasteiger partial charge is 0.369 e. The highest BCUT2D eigenvalue weighted by Gasteiger charge is 2.03. The third-order valence-electron chi connectivity index (χ3n) is 1.27. The van der Waals surface area contributed by atoms with Gasteiger partial charge in [0.1, 0.15) is 0 Å². The Labute approximate surface area is 79.2 Å². The molecule has 0 aliphatic heterocycles. The topological polar surface area (TPSA) is 3.24 Å². The molecule has 0 spiro atoms. The number of anilines is 1. The number of halogens is 1. The number of thiophene rings is 1. The highest BCUT2D eigenvalue weighted by Crippen LogP contribution is 2.29. The van der Waals surface area contributed by atoms with Gasteiger partial charge in [-0.2, -0.15) is 0 Å². The minimum atomic E-state index is 1.36. The van der Waals surface area contributed by atoms with Gasteiger partial charge < -0.3 is 4.90 Å². The van der Waals surface area contributed by atoms with Crippen molar-refractivity contribution in [2.45, 2.75) is 6.92 Å². The summed E-state index contributed by atoms with van der Waals surface area (Å²) < 4.78 is 1.36. The van der Waals surface area contributed by atoms with Gasteiger partial charge >= 0.3 is 0 Å². The Hall–Kier alpha value is 0.230. The molecule has 56 valence electrons. The number of rotatable bonds is 1.